The van der Waals surface area contributed by atoms with Crippen LogP contribution in [0.3, 0.4) is 0 Å². The van der Waals surface area contributed by atoms with Gasteiger partial charge < -0.3 is 20.5 Å². The number of methoxy groups -OCH3 is 2. The van der Waals surface area contributed by atoms with Crippen LogP contribution in [0.5, 0.6) is 0 Å². The van der Waals surface area contributed by atoms with E-state index >= 15 is 0 Å². The Hall–Kier alpha value is -1.24. The summed E-state index contributed by atoms with van der Waals surface area (Å²) in [6.45, 7) is 4.97. The van der Waals surface area contributed by atoms with Gasteiger partial charge in [0.1, 0.15) is 4.99 Å². The van der Waals surface area contributed by atoms with E-state index in [0.717, 1.165) is 22.6 Å². The molecule has 1 aromatic rings. The first kappa shape index (κ1) is 15.8. The number of hydrogen-bond acceptors (Lipinski definition) is 5. The molecule has 0 radical (unpaired) electrons. The third-order valence-corrected chi connectivity index (χ3v) is 2.99. The zero-order valence-corrected chi connectivity index (χ0v) is 12.6. The molecule has 1 rings (SSSR count). The van der Waals surface area contributed by atoms with Gasteiger partial charge in [0.15, 0.2) is 0 Å². The van der Waals surface area contributed by atoms with E-state index in [2.05, 4.69) is 10.3 Å². The molecule has 3 N–H and O–H groups in total. The molecule has 0 fully saturated rings. The first-order valence-electron chi connectivity index (χ1n) is 6.03. The Morgan fingerprint density at radius 3 is 2.68 bits per heavy atom. The van der Waals surface area contributed by atoms with E-state index in [0.29, 0.717) is 18.1 Å². The number of rotatable bonds is 7. The van der Waals surface area contributed by atoms with Crippen LogP contribution in [-0.4, -0.2) is 43.4 Å². The Balaban J connectivity index is 2.90. The summed E-state index contributed by atoms with van der Waals surface area (Å²) in [5.41, 5.74) is 9.18. The van der Waals surface area contributed by atoms with E-state index in [1.165, 1.54) is 0 Å². The largest absolute Gasteiger partial charge is 0.389 e. The van der Waals surface area contributed by atoms with Crippen LogP contribution in [0.25, 0.3) is 0 Å². The number of nitrogens with zero attached hydrogens (tertiary/aromatic N) is 1. The van der Waals surface area contributed by atoms with Gasteiger partial charge in [0.2, 0.25) is 0 Å². The number of pyridine rings is 1. The highest BCUT2D eigenvalue weighted by Crippen LogP contribution is 2.19. The second-order valence-electron chi connectivity index (χ2n) is 4.33. The van der Waals surface area contributed by atoms with E-state index in [-0.39, 0.29) is 6.10 Å². The van der Waals surface area contributed by atoms with Crippen molar-refractivity contribution in [2.24, 2.45) is 5.73 Å². The predicted octanol–water partition coefficient (Wildman–Crippen LogP) is 1.41. The van der Waals surface area contributed by atoms with Gasteiger partial charge in [0, 0.05) is 37.8 Å². The molecule has 106 valence electrons. The van der Waals surface area contributed by atoms with Crippen LogP contribution in [0.2, 0.25) is 0 Å². The maximum absolute atomic E-state index is 5.76. The molecular formula is C13H21N3O2S. The number of nitrogens with two attached hydrogens (primary N) is 1. The maximum Gasteiger partial charge on any atom is 0.107 e. The van der Waals surface area contributed by atoms with Crippen molar-refractivity contribution in [1.82, 2.24) is 4.98 Å². The highest BCUT2D eigenvalue weighted by atomic mass is 32.1. The summed E-state index contributed by atoms with van der Waals surface area (Å²) in [5, 5.41) is 3.30. The zero-order chi connectivity index (χ0) is 14.4. The quantitative estimate of drug-likeness (QED) is 0.737. The predicted molar refractivity (Wildman–Crippen MR) is 80.8 cm³/mol. The SMILES string of the molecule is COCC(CNc1cc(C)nc(C)c1C(N)=S)OC. The lowest BCUT2D eigenvalue weighted by molar-refractivity contribution is 0.0365. The molecule has 0 saturated heterocycles. The number of ether oxygens (including phenoxy) is 2. The van der Waals surface area contributed by atoms with Crippen LogP contribution in [0.4, 0.5) is 5.69 Å². The summed E-state index contributed by atoms with van der Waals surface area (Å²) in [6.07, 6.45) is -0.0297. The lowest BCUT2D eigenvalue weighted by atomic mass is 10.1. The molecule has 5 nitrogen and oxygen atoms in total. The first-order valence-corrected chi connectivity index (χ1v) is 6.44. The molecule has 0 saturated carbocycles. The molecule has 19 heavy (non-hydrogen) atoms. The van der Waals surface area contributed by atoms with Gasteiger partial charge in [-0.15, -0.1) is 0 Å². The molecule has 1 aromatic heterocycles. The smallest absolute Gasteiger partial charge is 0.107 e. The molecule has 0 aliphatic rings. The summed E-state index contributed by atoms with van der Waals surface area (Å²) in [7, 11) is 3.30. The van der Waals surface area contributed by atoms with Gasteiger partial charge >= 0.3 is 0 Å². The van der Waals surface area contributed by atoms with E-state index in [1.54, 1.807) is 14.2 Å². The average molecular weight is 283 g/mol. The van der Waals surface area contributed by atoms with Crippen molar-refractivity contribution in [1.29, 1.82) is 0 Å². The zero-order valence-electron chi connectivity index (χ0n) is 11.8. The molecule has 0 aliphatic heterocycles. The number of nitrogens with one attached hydrogen (secondary N) is 1. The van der Waals surface area contributed by atoms with Crippen LogP contribution >= 0.6 is 12.2 Å². The first-order chi connectivity index (χ1) is 8.99. The minimum Gasteiger partial charge on any atom is -0.389 e. The van der Waals surface area contributed by atoms with Crippen molar-refractivity contribution >= 4 is 22.9 Å². The molecule has 1 unspecified atom stereocenters. The second-order valence-corrected chi connectivity index (χ2v) is 4.77. The van der Waals surface area contributed by atoms with Gasteiger partial charge in [-0.1, -0.05) is 12.2 Å². The number of hydrogen-bond donors (Lipinski definition) is 2. The van der Waals surface area contributed by atoms with Gasteiger partial charge in [-0.3, -0.25) is 4.98 Å². The third kappa shape index (κ3) is 4.41. The second kappa shape index (κ2) is 7.37. The van der Waals surface area contributed by atoms with Crippen molar-refractivity contribution < 1.29 is 9.47 Å². The van der Waals surface area contributed by atoms with Crippen molar-refractivity contribution in [3.8, 4) is 0 Å². The summed E-state index contributed by atoms with van der Waals surface area (Å²) in [6, 6.07) is 1.93. The maximum atomic E-state index is 5.76. The highest BCUT2D eigenvalue weighted by Gasteiger charge is 2.13. The van der Waals surface area contributed by atoms with E-state index < -0.39 is 0 Å². The summed E-state index contributed by atoms with van der Waals surface area (Å²) in [4.78, 5) is 4.72. The van der Waals surface area contributed by atoms with Gasteiger partial charge in [-0.2, -0.15) is 0 Å². The summed E-state index contributed by atoms with van der Waals surface area (Å²) in [5.74, 6) is 0. The Labute approximate surface area is 119 Å². The summed E-state index contributed by atoms with van der Waals surface area (Å²) < 4.78 is 10.4. The molecule has 1 atom stereocenters. The van der Waals surface area contributed by atoms with E-state index in [9.17, 15) is 0 Å². The molecule has 0 bridgehead atoms. The van der Waals surface area contributed by atoms with Crippen molar-refractivity contribution in [3.05, 3.63) is 23.0 Å². The van der Waals surface area contributed by atoms with Gasteiger partial charge in [-0.25, -0.2) is 0 Å². The van der Waals surface area contributed by atoms with Gasteiger partial charge in [0.25, 0.3) is 0 Å². The molecule has 1 heterocycles. The van der Waals surface area contributed by atoms with Crippen molar-refractivity contribution in [2.75, 3.05) is 32.7 Å². The molecular weight excluding hydrogens is 262 g/mol. The van der Waals surface area contributed by atoms with Crippen LogP contribution in [0.15, 0.2) is 6.07 Å². The van der Waals surface area contributed by atoms with Gasteiger partial charge in [0.05, 0.1) is 18.3 Å². The van der Waals surface area contributed by atoms with Crippen LogP contribution < -0.4 is 11.1 Å². The molecule has 0 aliphatic carbocycles. The van der Waals surface area contributed by atoms with Crippen molar-refractivity contribution in [2.45, 2.75) is 20.0 Å². The minimum absolute atomic E-state index is 0.0297. The topological polar surface area (TPSA) is 69.4 Å². The number of aryl methyl sites for hydroxylation is 2. The molecule has 0 spiro atoms. The van der Waals surface area contributed by atoms with E-state index in [1.807, 2.05) is 19.9 Å². The Kier molecular flexibility index (Phi) is 6.14. The van der Waals surface area contributed by atoms with Crippen LogP contribution in [-0.2, 0) is 9.47 Å². The standard InChI is InChI=1S/C13H21N3O2S/c1-8-5-11(12(13(14)19)9(2)16-8)15-6-10(18-4)7-17-3/h5,10H,6-7H2,1-4H3,(H2,14,19)(H,15,16). The number of anilines is 1. The Bertz CT molecular complexity index is 452. The number of thiocarbonyl (C=S) groups is 1. The minimum atomic E-state index is -0.0297. The van der Waals surface area contributed by atoms with Crippen LogP contribution in [0.1, 0.15) is 17.0 Å². The highest BCUT2D eigenvalue weighted by molar-refractivity contribution is 7.80. The lowest BCUT2D eigenvalue weighted by Gasteiger charge is -2.18. The Morgan fingerprint density at radius 2 is 2.16 bits per heavy atom. The fourth-order valence-corrected chi connectivity index (χ4v) is 2.16. The fourth-order valence-electron chi connectivity index (χ4n) is 1.90. The van der Waals surface area contributed by atoms with Crippen LogP contribution in [0, 0.1) is 13.8 Å². The fraction of sp³-hybridized carbons (Fsp3) is 0.538. The Morgan fingerprint density at radius 1 is 1.47 bits per heavy atom. The normalized spacial score (nSPS) is 12.2. The average Bonchev–Trinajstić information content (AvgIpc) is 2.32. The van der Waals surface area contributed by atoms with E-state index in [4.69, 9.17) is 27.4 Å². The van der Waals surface area contributed by atoms with Crippen molar-refractivity contribution in [3.63, 3.8) is 0 Å². The lowest BCUT2D eigenvalue weighted by Crippen LogP contribution is -2.28. The molecule has 6 heteroatoms. The summed E-state index contributed by atoms with van der Waals surface area (Å²) >= 11 is 5.08. The third-order valence-electron chi connectivity index (χ3n) is 2.78. The molecule has 0 aromatic carbocycles. The van der Waals surface area contributed by atoms with Gasteiger partial charge in [-0.05, 0) is 19.9 Å². The number of aromatic nitrogens is 1. The molecule has 0 amide bonds. The monoisotopic (exact) mass is 283 g/mol.